The highest BCUT2D eigenvalue weighted by molar-refractivity contribution is 9.10. The van der Waals surface area contributed by atoms with E-state index < -0.39 is 11.9 Å². The van der Waals surface area contributed by atoms with Crippen LogP contribution in [0.3, 0.4) is 0 Å². The predicted molar refractivity (Wildman–Crippen MR) is 72.8 cm³/mol. The lowest BCUT2D eigenvalue weighted by atomic mass is 9.93. The molecule has 6 heteroatoms. The third kappa shape index (κ3) is 3.12. The Hall–Kier alpha value is -1.43. The minimum atomic E-state index is -0.836. The average Bonchev–Trinajstić information content (AvgIpc) is 2.38. The van der Waals surface area contributed by atoms with Gasteiger partial charge in [-0.05, 0) is 41.8 Å². The smallest absolute Gasteiger partial charge is 0.308 e. The second-order valence-electron chi connectivity index (χ2n) is 4.81. The van der Waals surface area contributed by atoms with Crippen molar-refractivity contribution in [3.8, 4) is 0 Å². The number of likely N-dealkylation sites (tertiary alicyclic amines) is 1. The van der Waals surface area contributed by atoms with Gasteiger partial charge < -0.3 is 10.0 Å². The summed E-state index contributed by atoms with van der Waals surface area (Å²) in [6, 6.07) is 1.76. The normalized spacial score (nSPS) is 23.2. The van der Waals surface area contributed by atoms with Crippen molar-refractivity contribution in [1.29, 1.82) is 0 Å². The fourth-order valence-corrected chi connectivity index (χ4v) is 2.65. The summed E-state index contributed by atoms with van der Waals surface area (Å²) in [6.45, 7) is 2.21. The highest BCUT2D eigenvalue weighted by Crippen LogP contribution is 2.24. The van der Waals surface area contributed by atoms with Crippen LogP contribution in [0.25, 0.3) is 0 Å². The SMILES string of the molecule is CC1CCC(C(=O)O)CN1C(=O)c1cncc(Br)c1. The zero-order chi connectivity index (χ0) is 14.0. The standard InChI is InChI=1S/C13H15BrN2O3/c1-8-2-3-9(13(18)19)7-16(8)12(17)10-4-11(14)6-15-5-10/h4-6,8-9H,2-3,7H2,1H3,(H,18,19). The monoisotopic (exact) mass is 326 g/mol. The first kappa shape index (κ1) is 14.0. The van der Waals surface area contributed by atoms with E-state index in [9.17, 15) is 9.59 Å². The quantitative estimate of drug-likeness (QED) is 0.904. The van der Waals surface area contributed by atoms with Crippen LogP contribution in [0.4, 0.5) is 0 Å². The third-order valence-electron chi connectivity index (χ3n) is 3.44. The van der Waals surface area contributed by atoms with E-state index in [1.54, 1.807) is 17.2 Å². The number of carboxylic acid groups (broad SMARTS) is 1. The van der Waals surface area contributed by atoms with Crippen LogP contribution >= 0.6 is 15.9 Å². The van der Waals surface area contributed by atoms with Crippen molar-refractivity contribution in [1.82, 2.24) is 9.88 Å². The lowest BCUT2D eigenvalue weighted by Gasteiger charge is -2.36. The van der Waals surface area contributed by atoms with Crippen LogP contribution in [0.1, 0.15) is 30.1 Å². The van der Waals surface area contributed by atoms with E-state index in [1.807, 2.05) is 6.92 Å². The van der Waals surface area contributed by atoms with Gasteiger partial charge in [-0.15, -0.1) is 0 Å². The molecule has 2 unspecified atom stereocenters. The van der Waals surface area contributed by atoms with Gasteiger partial charge in [0, 0.05) is 29.5 Å². The predicted octanol–water partition coefficient (Wildman–Crippen LogP) is 2.17. The van der Waals surface area contributed by atoms with Crippen LogP contribution in [0.2, 0.25) is 0 Å². The molecular formula is C13H15BrN2O3. The first-order valence-corrected chi connectivity index (χ1v) is 6.92. The van der Waals surface area contributed by atoms with Crippen molar-refractivity contribution in [2.75, 3.05) is 6.54 Å². The molecule has 0 aliphatic carbocycles. The molecule has 0 saturated carbocycles. The van der Waals surface area contributed by atoms with Gasteiger partial charge in [-0.1, -0.05) is 0 Å². The molecule has 0 aromatic carbocycles. The Kier molecular flexibility index (Phi) is 4.19. The van der Waals surface area contributed by atoms with Crippen molar-refractivity contribution in [2.45, 2.75) is 25.8 Å². The minimum Gasteiger partial charge on any atom is -0.481 e. The number of pyridine rings is 1. The fourth-order valence-electron chi connectivity index (χ4n) is 2.29. The summed E-state index contributed by atoms with van der Waals surface area (Å²) in [5, 5.41) is 9.08. The van der Waals surface area contributed by atoms with E-state index in [-0.39, 0.29) is 18.5 Å². The highest BCUT2D eigenvalue weighted by atomic mass is 79.9. The van der Waals surface area contributed by atoms with Crippen LogP contribution in [-0.2, 0) is 4.79 Å². The molecule has 2 heterocycles. The maximum absolute atomic E-state index is 12.4. The molecule has 19 heavy (non-hydrogen) atoms. The van der Waals surface area contributed by atoms with Crippen molar-refractivity contribution >= 4 is 27.8 Å². The Labute approximate surface area is 119 Å². The number of halogens is 1. The van der Waals surface area contributed by atoms with E-state index >= 15 is 0 Å². The van der Waals surface area contributed by atoms with Gasteiger partial charge in [0.25, 0.3) is 5.91 Å². The first-order chi connectivity index (χ1) is 8.99. The van der Waals surface area contributed by atoms with Crippen LogP contribution in [0.15, 0.2) is 22.9 Å². The van der Waals surface area contributed by atoms with Gasteiger partial charge in [0.1, 0.15) is 0 Å². The zero-order valence-corrected chi connectivity index (χ0v) is 12.1. The molecule has 1 aromatic heterocycles. The second kappa shape index (κ2) is 5.69. The summed E-state index contributed by atoms with van der Waals surface area (Å²) in [5.41, 5.74) is 0.479. The van der Waals surface area contributed by atoms with Gasteiger partial charge >= 0.3 is 5.97 Å². The Balaban J connectivity index is 2.19. The van der Waals surface area contributed by atoms with E-state index in [0.29, 0.717) is 18.4 Å². The van der Waals surface area contributed by atoms with E-state index in [4.69, 9.17) is 5.11 Å². The number of carbonyl (C=O) groups excluding carboxylic acids is 1. The lowest BCUT2D eigenvalue weighted by Crippen LogP contribution is -2.47. The van der Waals surface area contributed by atoms with Gasteiger partial charge in [0.15, 0.2) is 0 Å². The summed E-state index contributed by atoms with van der Waals surface area (Å²) >= 11 is 3.28. The van der Waals surface area contributed by atoms with E-state index in [1.165, 1.54) is 6.20 Å². The summed E-state index contributed by atoms with van der Waals surface area (Å²) in [7, 11) is 0. The second-order valence-corrected chi connectivity index (χ2v) is 5.73. The number of hydrogen-bond donors (Lipinski definition) is 1. The van der Waals surface area contributed by atoms with Crippen molar-refractivity contribution in [3.63, 3.8) is 0 Å². The number of rotatable bonds is 2. The molecule has 1 fully saturated rings. The van der Waals surface area contributed by atoms with Crippen LogP contribution in [-0.4, -0.2) is 39.5 Å². The summed E-state index contributed by atoms with van der Waals surface area (Å²) < 4.78 is 0.734. The average molecular weight is 327 g/mol. The Morgan fingerprint density at radius 2 is 2.16 bits per heavy atom. The molecule has 1 aliphatic heterocycles. The van der Waals surface area contributed by atoms with Crippen molar-refractivity contribution in [2.24, 2.45) is 5.92 Å². The molecule has 5 nitrogen and oxygen atoms in total. The van der Waals surface area contributed by atoms with Crippen molar-refractivity contribution in [3.05, 3.63) is 28.5 Å². The Bertz CT molecular complexity index is 506. The number of nitrogens with zero attached hydrogens (tertiary/aromatic N) is 2. The molecule has 1 aliphatic rings. The molecule has 1 saturated heterocycles. The molecular weight excluding hydrogens is 312 g/mol. The number of piperidine rings is 1. The van der Waals surface area contributed by atoms with E-state index in [0.717, 1.165) is 4.47 Å². The first-order valence-electron chi connectivity index (χ1n) is 6.13. The molecule has 0 bridgehead atoms. The molecule has 102 valence electrons. The molecule has 0 radical (unpaired) electrons. The van der Waals surface area contributed by atoms with Gasteiger partial charge in [0.2, 0.25) is 0 Å². The van der Waals surface area contributed by atoms with E-state index in [2.05, 4.69) is 20.9 Å². The topological polar surface area (TPSA) is 70.5 Å². The number of amides is 1. The highest BCUT2D eigenvalue weighted by Gasteiger charge is 2.33. The van der Waals surface area contributed by atoms with Gasteiger partial charge in [-0.3, -0.25) is 14.6 Å². The number of aromatic nitrogens is 1. The molecule has 2 rings (SSSR count). The third-order valence-corrected chi connectivity index (χ3v) is 3.88. The van der Waals surface area contributed by atoms with Crippen molar-refractivity contribution < 1.29 is 14.7 Å². The lowest BCUT2D eigenvalue weighted by molar-refractivity contribution is -0.143. The van der Waals surface area contributed by atoms with Gasteiger partial charge in [0.05, 0.1) is 11.5 Å². The largest absolute Gasteiger partial charge is 0.481 e. The van der Waals surface area contributed by atoms with Crippen LogP contribution in [0, 0.1) is 5.92 Å². The van der Waals surface area contributed by atoms with Crippen LogP contribution < -0.4 is 0 Å². The number of hydrogen-bond acceptors (Lipinski definition) is 3. The zero-order valence-electron chi connectivity index (χ0n) is 10.5. The maximum Gasteiger partial charge on any atom is 0.308 e. The van der Waals surface area contributed by atoms with Gasteiger partial charge in [-0.25, -0.2) is 0 Å². The maximum atomic E-state index is 12.4. The molecule has 0 spiro atoms. The molecule has 1 aromatic rings. The number of carbonyl (C=O) groups is 2. The number of aliphatic carboxylic acids is 1. The summed E-state index contributed by atoms with van der Waals surface area (Å²) in [5.74, 6) is -1.47. The number of carboxylic acids is 1. The molecule has 1 N–H and O–H groups in total. The fraction of sp³-hybridized carbons (Fsp3) is 0.462. The summed E-state index contributed by atoms with van der Waals surface area (Å²) in [6.07, 6.45) is 4.45. The molecule has 1 amide bonds. The Morgan fingerprint density at radius 3 is 2.79 bits per heavy atom. The minimum absolute atomic E-state index is 0.0575. The molecule has 2 atom stereocenters. The van der Waals surface area contributed by atoms with Gasteiger partial charge in [-0.2, -0.15) is 0 Å². The summed E-state index contributed by atoms with van der Waals surface area (Å²) in [4.78, 5) is 29.1. The van der Waals surface area contributed by atoms with Crippen LogP contribution in [0.5, 0.6) is 0 Å². The Morgan fingerprint density at radius 1 is 1.42 bits per heavy atom.